The number of carboxylic acids is 1. The van der Waals surface area contributed by atoms with Crippen molar-refractivity contribution in [2.75, 3.05) is 6.61 Å². The predicted octanol–water partition coefficient (Wildman–Crippen LogP) is 2.86. The molecule has 0 aliphatic heterocycles. The smallest absolute Gasteiger partial charge is 0.303 e. The molecule has 4 heteroatoms. The molecule has 1 atom stereocenters. The lowest BCUT2D eigenvalue weighted by atomic mass is 10.1. The summed E-state index contributed by atoms with van der Waals surface area (Å²) >= 11 is 0. The minimum atomic E-state index is -0.781. The van der Waals surface area contributed by atoms with Gasteiger partial charge < -0.3 is 14.6 Å². The molecule has 0 saturated carbocycles. The highest BCUT2D eigenvalue weighted by Crippen LogP contribution is 2.15. The Balaban J connectivity index is 2.42. The lowest BCUT2D eigenvalue weighted by Gasteiger charge is -2.15. The summed E-state index contributed by atoms with van der Waals surface area (Å²) in [6.07, 6.45) is 1.38. The van der Waals surface area contributed by atoms with E-state index in [0.717, 1.165) is 17.7 Å². The minimum Gasteiger partial charge on any atom is -0.481 e. The second-order valence-corrected chi connectivity index (χ2v) is 4.09. The van der Waals surface area contributed by atoms with Gasteiger partial charge in [0.25, 0.3) is 0 Å². The van der Waals surface area contributed by atoms with Gasteiger partial charge in [-0.05, 0) is 37.5 Å². The molecule has 100 valence electrons. The van der Waals surface area contributed by atoms with E-state index < -0.39 is 5.97 Å². The molecule has 0 fully saturated rings. The van der Waals surface area contributed by atoms with Crippen LogP contribution in [0.2, 0.25) is 0 Å². The van der Waals surface area contributed by atoms with Gasteiger partial charge >= 0.3 is 5.97 Å². The third kappa shape index (κ3) is 5.68. The number of hydrogen-bond donors (Lipinski definition) is 1. The minimum absolute atomic E-state index is 0.149. The van der Waals surface area contributed by atoms with E-state index in [9.17, 15) is 4.79 Å². The van der Waals surface area contributed by atoms with E-state index >= 15 is 0 Å². The first-order valence-corrected chi connectivity index (χ1v) is 6.20. The summed E-state index contributed by atoms with van der Waals surface area (Å²) < 4.78 is 11.0. The number of aryl methyl sites for hydroxylation is 1. The quantitative estimate of drug-likeness (QED) is 0.723. The lowest BCUT2D eigenvalue weighted by molar-refractivity contribution is -0.136. The fraction of sp³-hybridized carbons (Fsp3) is 0.500. The van der Waals surface area contributed by atoms with Crippen molar-refractivity contribution in [1.82, 2.24) is 0 Å². The first-order chi connectivity index (χ1) is 8.61. The Morgan fingerprint density at radius 1 is 1.33 bits per heavy atom. The zero-order valence-corrected chi connectivity index (χ0v) is 10.9. The van der Waals surface area contributed by atoms with Crippen LogP contribution >= 0.6 is 0 Å². The molecular formula is C14H20O4. The Morgan fingerprint density at radius 3 is 2.56 bits per heavy atom. The number of rotatable bonds is 8. The molecule has 18 heavy (non-hydrogen) atoms. The van der Waals surface area contributed by atoms with E-state index in [4.69, 9.17) is 14.6 Å². The second-order valence-electron chi connectivity index (χ2n) is 4.09. The van der Waals surface area contributed by atoms with Crippen LogP contribution in [0.15, 0.2) is 24.3 Å². The van der Waals surface area contributed by atoms with E-state index in [0.29, 0.717) is 13.0 Å². The normalized spacial score (nSPS) is 12.1. The molecule has 0 heterocycles. The zero-order valence-electron chi connectivity index (χ0n) is 10.9. The van der Waals surface area contributed by atoms with Gasteiger partial charge in [-0.1, -0.05) is 19.1 Å². The first kappa shape index (κ1) is 14.5. The maximum absolute atomic E-state index is 10.4. The Labute approximate surface area is 108 Å². The fourth-order valence-electron chi connectivity index (χ4n) is 1.50. The van der Waals surface area contributed by atoms with Crippen LogP contribution in [-0.2, 0) is 16.0 Å². The van der Waals surface area contributed by atoms with Gasteiger partial charge in [0.2, 0.25) is 0 Å². The largest absolute Gasteiger partial charge is 0.481 e. The standard InChI is InChI=1S/C14H20O4/c1-3-10-17-11(2)18-13-7-4-12(5-8-13)6-9-14(15)16/h4-5,7-8,11H,3,6,9-10H2,1-2H3,(H,15,16). The van der Waals surface area contributed by atoms with E-state index in [1.165, 1.54) is 0 Å². The molecule has 0 aromatic heterocycles. The van der Waals surface area contributed by atoms with Crippen molar-refractivity contribution in [2.24, 2.45) is 0 Å². The third-order valence-corrected chi connectivity index (χ3v) is 2.41. The van der Waals surface area contributed by atoms with Gasteiger partial charge in [-0.15, -0.1) is 0 Å². The average Bonchev–Trinajstić information content (AvgIpc) is 2.35. The van der Waals surface area contributed by atoms with Crippen molar-refractivity contribution < 1.29 is 19.4 Å². The summed E-state index contributed by atoms with van der Waals surface area (Å²) in [6.45, 7) is 4.58. The highest BCUT2D eigenvalue weighted by molar-refractivity contribution is 5.67. The van der Waals surface area contributed by atoms with Gasteiger partial charge in [0.1, 0.15) is 5.75 Å². The maximum atomic E-state index is 10.4. The molecule has 0 bridgehead atoms. The Morgan fingerprint density at radius 2 is 2.00 bits per heavy atom. The summed E-state index contributed by atoms with van der Waals surface area (Å²) in [5, 5.41) is 8.59. The Kier molecular flexibility index (Phi) is 6.22. The van der Waals surface area contributed by atoms with Crippen molar-refractivity contribution in [3.8, 4) is 5.75 Å². The second kappa shape index (κ2) is 7.71. The van der Waals surface area contributed by atoms with E-state index in [1.807, 2.05) is 38.1 Å². The summed E-state index contributed by atoms with van der Waals surface area (Å²) in [6, 6.07) is 7.43. The molecule has 0 amide bonds. The van der Waals surface area contributed by atoms with Crippen LogP contribution in [0.25, 0.3) is 0 Å². The molecule has 1 unspecified atom stereocenters. The van der Waals surface area contributed by atoms with Crippen LogP contribution < -0.4 is 4.74 Å². The monoisotopic (exact) mass is 252 g/mol. The first-order valence-electron chi connectivity index (χ1n) is 6.20. The lowest BCUT2D eigenvalue weighted by Crippen LogP contribution is -2.16. The van der Waals surface area contributed by atoms with E-state index in [-0.39, 0.29) is 12.7 Å². The average molecular weight is 252 g/mol. The maximum Gasteiger partial charge on any atom is 0.303 e. The van der Waals surface area contributed by atoms with Gasteiger partial charge in [-0.2, -0.15) is 0 Å². The number of carboxylic acid groups (broad SMARTS) is 1. The van der Waals surface area contributed by atoms with Crippen LogP contribution in [0.4, 0.5) is 0 Å². The fourth-order valence-corrected chi connectivity index (χ4v) is 1.50. The Hall–Kier alpha value is -1.55. The SMILES string of the molecule is CCCOC(C)Oc1ccc(CCC(=O)O)cc1. The molecule has 1 rings (SSSR count). The van der Waals surface area contributed by atoms with Gasteiger partial charge in [0, 0.05) is 6.42 Å². The highest BCUT2D eigenvalue weighted by Gasteiger charge is 2.04. The van der Waals surface area contributed by atoms with Crippen LogP contribution in [0, 0.1) is 0 Å². The molecule has 0 spiro atoms. The predicted molar refractivity (Wildman–Crippen MR) is 68.7 cm³/mol. The molecule has 1 N–H and O–H groups in total. The molecule has 0 aliphatic carbocycles. The molecule has 1 aromatic carbocycles. The number of ether oxygens (including phenoxy) is 2. The number of aliphatic carboxylic acids is 1. The van der Waals surface area contributed by atoms with Crippen molar-refractivity contribution >= 4 is 5.97 Å². The van der Waals surface area contributed by atoms with E-state index in [1.54, 1.807) is 0 Å². The summed E-state index contributed by atoms with van der Waals surface area (Å²) in [5.74, 6) is -0.0467. The molecule has 0 saturated heterocycles. The van der Waals surface area contributed by atoms with Gasteiger partial charge in [-0.3, -0.25) is 4.79 Å². The van der Waals surface area contributed by atoms with Crippen LogP contribution in [0.5, 0.6) is 5.75 Å². The van der Waals surface area contributed by atoms with Crippen molar-refractivity contribution in [2.45, 2.75) is 39.4 Å². The van der Waals surface area contributed by atoms with Gasteiger partial charge in [-0.25, -0.2) is 0 Å². The molecule has 0 aliphatic rings. The van der Waals surface area contributed by atoms with E-state index in [2.05, 4.69) is 0 Å². The highest BCUT2D eigenvalue weighted by atomic mass is 16.7. The topological polar surface area (TPSA) is 55.8 Å². The van der Waals surface area contributed by atoms with Crippen LogP contribution in [0.3, 0.4) is 0 Å². The third-order valence-electron chi connectivity index (χ3n) is 2.41. The van der Waals surface area contributed by atoms with Crippen LogP contribution in [-0.4, -0.2) is 24.0 Å². The summed E-state index contributed by atoms with van der Waals surface area (Å²) in [7, 11) is 0. The van der Waals surface area contributed by atoms with Crippen molar-refractivity contribution in [3.05, 3.63) is 29.8 Å². The number of hydrogen-bond acceptors (Lipinski definition) is 3. The summed E-state index contributed by atoms with van der Waals surface area (Å²) in [5.41, 5.74) is 0.992. The zero-order chi connectivity index (χ0) is 13.4. The van der Waals surface area contributed by atoms with Crippen molar-refractivity contribution in [3.63, 3.8) is 0 Å². The van der Waals surface area contributed by atoms with Crippen LogP contribution in [0.1, 0.15) is 32.3 Å². The molecule has 0 radical (unpaired) electrons. The summed E-state index contributed by atoms with van der Waals surface area (Å²) in [4.78, 5) is 10.4. The van der Waals surface area contributed by atoms with Gasteiger partial charge in [0.15, 0.2) is 6.29 Å². The Bertz CT molecular complexity index is 359. The van der Waals surface area contributed by atoms with Crippen molar-refractivity contribution in [1.29, 1.82) is 0 Å². The number of carbonyl (C=O) groups is 1. The molecular weight excluding hydrogens is 232 g/mol. The number of benzene rings is 1. The van der Waals surface area contributed by atoms with Gasteiger partial charge in [0.05, 0.1) is 6.61 Å². The molecule has 1 aromatic rings. The molecule has 4 nitrogen and oxygen atoms in total.